The fraction of sp³-hybridized carbons (Fsp3) is 0.500. The third kappa shape index (κ3) is 3.45. The molecule has 0 aromatic heterocycles. The summed E-state index contributed by atoms with van der Waals surface area (Å²) in [7, 11) is 1.69. The predicted octanol–water partition coefficient (Wildman–Crippen LogP) is 2.98. The van der Waals surface area contributed by atoms with Crippen molar-refractivity contribution in [3.8, 4) is 0 Å². The maximum Gasteiger partial charge on any atom is 0.256 e. The summed E-state index contributed by atoms with van der Waals surface area (Å²) in [6.07, 6.45) is 3.09. The molecular weight excluding hydrogens is 231 g/mol. The third-order valence-corrected chi connectivity index (χ3v) is 2.95. The van der Waals surface area contributed by atoms with Crippen LogP contribution in [0.25, 0.3) is 0 Å². The second-order valence-corrected chi connectivity index (χ2v) is 4.63. The average Bonchev–Trinajstić information content (AvgIpc) is 2.33. The van der Waals surface area contributed by atoms with E-state index in [0.29, 0.717) is 17.8 Å². The molecule has 0 saturated heterocycles. The first kappa shape index (κ1) is 14.5. The van der Waals surface area contributed by atoms with E-state index in [1.54, 1.807) is 18.9 Å². The minimum absolute atomic E-state index is 0.0616. The lowest BCUT2D eigenvalue weighted by Gasteiger charge is -2.18. The minimum atomic E-state index is -0.475. The smallest absolute Gasteiger partial charge is 0.256 e. The van der Waals surface area contributed by atoms with Crippen LogP contribution in [-0.4, -0.2) is 24.4 Å². The molecule has 0 aliphatic rings. The average molecular weight is 252 g/mol. The maximum atomic E-state index is 13.9. The summed E-state index contributed by atoms with van der Waals surface area (Å²) < 4.78 is 13.9. The van der Waals surface area contributed by atoms with E-state index in [1.807, 2.05) is 0 Å². The fourth-order valence-corrected chi connectivity index (χ4v) is 1.86. The number of rotatable bonds is 5. The topological polar surface area (TPSA) is 46.3 Å². The summed E-state index contributed by atoms with van der Waals surface area (Å²) in [5.41, 5.74) is 6.53. The predicted molar refractivity (Wildman–Crippen MR) is 72.0 cm³/mol. The highest BCUT2D eigenvalue weighted by Crippen LogP contribution is 2.18. The highest BCUT2D eigenvalue weighted by atomic mass is 19.1. The SMILES string of the molecule is CCCCCN(C)C(=O)c1cc(N)cc(C)c1F. The molecule has 1 amide bonds. The summed E-state index contributed by atoms with van der Waals surface area (Å²) >= 11 is 0. The number of aryl methyl sites for hydroxylation is 1. The van der Waals surface area contributed by atoms with Gasteiger partial charge in [-0.05, 0) is 31.0 Å². The van der Waals surface area contributed by atoms with Crippen molar-refractivity contribution in [3.05, 3.63) is 29.1 Å². The first-order valence-electron chi connectivity index (χ1n) is 6.28. The van der Waals surface area contributed by atoms with E-state index in [0.717, 1.165) is 19.3 Å². The number of hydrogen-bond acceptors (Lipinski definition) is 2. The number of benzene rings is 1. The number of nitrogens with two attached hydrogens (primary N) is 1. The Morgan fingerprint density at radius 1 is 1.39 bits per heavy atom. The van der Waals surface area contributed by atoms with E-state index in [1.165, 1.54) is 12.1 Å². The lowest BCUT2D eigenvalue weighted by atomic mass is 10.1. The van der Waals surface area contributed by atoms with E-state index in [4.69, 9.17) is 5.73 Å². The third-order valence-electron chi connectivity index (χ3n) is 2.95. The summed E-state index contributed by atoms with van der Waals surface area (Å²) in [5.74, 6) is -0.782. The number of carbonyl (C=O) groups is 1. The van der Waals surface area contributed by atoms with Crippen LogP contribution in [0.4, 0.5) is 10.1 Å². The van der Waals surface area contributed by atoms with Crippen LogP contribution < -0.4 is 5.73 Å². The van der Waals surface area contributed by atoms with E-state index in [2.05, 4.69) is 6.92 Å². The summed E-state index contributed by atoms with van der Waals surface area (Å²) in [6, 6.07) is 2.93. The Morgan fingerprint density at radius 3 is 2.67 bits per heavy atom. The van der Waals surface area contributed by atoms with Gasteiger partial charge in [-0.2, -0.15) is 0 Å². The lowest BCUT2D eigenvalue weighted by molar-refractivity contribution is 0.0788. The molecule has 0 bridgehead atoms. The van der Waals surface area contributed by atoms with E-state index >= 15 is 0 Å². The minimum Gasteiger partial charge on any atom is -0.399 e. The van der Waals surface area contributed by atoms with Crippen molar-refractivity contribution in [3.63, 3.8) is 0 Å². The van der Waals surface area contributed by atoms with E-state index in [9.17, 15) is 9.18 Å². The zero-order chi connectivity index (χ0) is 13.7. The van der Waals surface area contributed by atoms with Crippen LogP contribution in [0.3, 0.4) is 0 Å². The van der Waals surface area contributed by atoms with Gasteiger partial charge in [0.25, 0.3) is 5.91 Å². The number of amides is 1. The van der Waals surface area contributed by atoms with Gasteiger partial charge >= 0.3 is 0 Å². The van der Waals surface area contributed by atoms with Crippen molar-refractivity contribution in [1.29, 1.82) is 0 Å². The van der Waals surface area contributed by atoms with Crippen LogP contribution in [-0.2, 0) is 0 Å². The van der Waals surface area contributed by atoms with Gasteiger partial charge in [0.05, 0.1) is 5.56 Å². The largest absolute Gasteiger partial charge is 0.399 e. The second kappa shape index (κ2) is 6.38. The van der Waals surface area contributed by atoms with Crippen molar-refractivity contribution in [1.82, 2.24) is 4.90 Å². The molecule has 0 atom stereocenters. The maximum absolute atomic E-state index is 13.9. The van der Waals surface area contributed by atoms with E-state index < -0.39 is 5.82 Å². The second-order valence-electron chi connectivity index (χ2n) is 4.63. The highest BCUT2D eigenvalue weighted by Gasteiger charge is 2.17. The summed E-state index contributed by atoms with van der Waals surface area (Å²) in [5, 5.41) is 0. The first-order chi connectivity index (χ1) is 8.47. The molecule has 1 aromatic rings. The molecule has 0 aliphatic heterocycles. The molecule has 0 saturated carbocycles. The molecule has 18 heavy (non-hydrogen) atoms. The van der Waals surface area contributed by atoms with Crippen LogP contribution in [0.2, 0.25) is 0 Å². The van der Waals surface area contributed by atoms with Crippen molar-refractivity contribution in [2.24, 2.45) is 0 Å². The van der Waals surface area contributed by atoms with Gasteiger partial charge in [-0.3, -0.25) is 4.79 Å². The summed E-state index contributed by atoms with van der Waals surface area (Å²) in [4.78, 5) is 13.6. The Balaban J connectivity index is 2.83. The van der Waals surface area contributed by atoms with Gasteiger partial charge in [-0.15, -0.1) is 0 Å². The molecule has 1 rings (SSSR count). The molecule has 0 aliphatic carbocycles. The molecule has 0 heterocycles. The van der Waals surface area contributed by atoms with Gasteiger partial charge in [-0.25, -0.2) is 4.39 Å². The Morgan fingerprint density at radius 2 is 2.06 bits per heavy atom. The number of hydrogen-bond donors (Lipinski definition) is 1. The molecule has 0 spiro atoms. The Labute approximate surface area is 108 Å². The van der Waals surface area contributed by atoms with Crippen molar-refractivity contribution in [2.45, 2.75) is 33.1 Å². The van der Waals surface area contributed by atoms with Crippen molar-refractivity contribution >= 4 is 11.6 Å². The molecule has 0 fully saturated rings. The molecule has 0 unspecified atom stereocenters. The van der Waals surface area contributed by atoms with Crippen LogP contribution in [0, 0.1) is 12.7 Å². The molecule has 1 aromatic carbocycles. The fourth-order valence-electron chi connectivity index (χ4n) is 1.86. The van der Waals surface area contributed by atoms with E-state index in [-0.39, 0.29) is 11.5 Å². The van der Waals surface area contributed by atoms with Crippen LogP contribution in [0.5, 0.6) is 0 Å². The Hall–Kier alpha value is -1.58. The lowest BCUT2D eigenvalue weighted by Crippen LogP contribution is -2.28. The molecule has 2 N–H and O–H groups in total. The number of anilines is 1. The van der Waals surface area contributed by atoms with Gasteiger partial charge < -0.3 is 10.6 Å². The number of halogens is 1. The zero-order valence-corrected chi connectivity index (χ0v) is 11.3. The number of nitrogen functional groups attached to an aromatic ring is 1. The van der Waals surface area contributed by atoms with Gasteiger partial charge in [0.15, 0.2) is 0 Å². The van der Waals surface area contributed by atoms with Crippen molar-refractivity contribution in [2.75, 3.05) is 19.3 Å². The molecule has 100 valence electrons. The standard InChI is InChI=1S/C14H21FN2O/c1-4-5-6-7-17(3)14(18)12-9-11(16)8-10(2)13(12)15/h8-9H,4-7,16H2,1-3H3. The van der Waals surface area contributed by atoms with Crippen LogP contribution in [0.1, 0.15) is 42.1 Å². The van der Waals surface area contributed by atoms with Gasteiger partial charge in [-0.1, -0.05) is 19.8 Å². The monoisotopic (exact) mass is 252 g/mol. The van der Waals surface area contributed by atoms with Crippen LogP contribution >= 0.6 is 0 Å². The highest BCUT2D eigenvalue weighted by molar-refractivity contribution is 5.95. The number of nitrogens with zero attached hydrogens (tertiary/aromatic N) is 1. The van der Waals surface area contributed by atoms with Gasteiger partial charge in [0.2, 0.25) is 0 Å². The molecular formula is C14H21FN2O. The number of carbonyl (C=O) groups excluding carboxylic acids is 1. The zero-order valence-electron chi connectivity index (χ0n) is 11.3. The van der Waals surface area contributed by atoms with Crippen molar-refractivity contribution < 1.29 is 9.18 Å². The number of unbranched alkanes of at least 4 members (excludes halogenated alkanes) is 2. The normalized spacial score (nSPS) is 10.4. The quantitative estimate of drug-likeness (QED) is 0.647. The van der Waals surface area contributed by atoms with Gasteiger partial charge in [0, 0.05) is 19.3 Å². The molecule has 0 radical (unpaired) electrons. The first-order valence-corrected chi connectivity index (χ1v) is 6.28. The molecule has 4 heteroatoms. The Bertz CT molecular complexity index is 432. The molecule has 3 nitrogen and oxygen atoms in total. The van der Waals surface area contributed by atoms with Gasteiger partial charge in [0.1, 0.15) is 5.82 Å². The van der Waals surface area contributed by atoms with Crippen LogP contribution in [0.15, 0.2) is 12.1 Å². The summed E-state index contributed by atoms with van der Waals surface area (Å²) in [6.45, 7) is 4.35. The Kier molecular flexibility index (Phi) is 5.13.